The van der Waals surface area contributed by atoms with Crippen molar-refractivity contribution < 1.29 is 16.8 Å². The Bertz CT molecular complexity index is 764. The first-order valence-electron chi connectivity index (χ1n) is 7.14. The molecule has 22 heavy (non-hydrogen) atoms. The lowest BCUT2D eigenvalue weighted by atomic mass is 10.0. The van der Waals surface area contributed by atoms with Crippen LogP contribution in [0.3, 0.4) is 0 Å². The van der Waals surface area contributed by atoms with Crippen LogP contribution >= 0.6 is 0 Å². The van der Waals surface area contributed by atoms with E-state index in [4.69, 9.17) is 5.73 Å². The quantitative estimate of drug-likeness (QED) is 0.825. The van der Waals surface area contributed by atoms with E-state index in [1.54, 1.807) is 6.92 Å². The van der Waals surface area contributed by atoms with Crippen molar-refractivity contribution in [1.82, 2.24) is 4.72 Å². The third-order valence-electron chi connectivity index (χ3n) is 4.18. The average molecular weight is 346 g/mol. The van der Waals surface area contributed by atoms with Gasteiger partial charge >= 0.3 is 0 Å². The van der Waals surface area contributed by atoms with Crippen LogP contribution in [0.15, 0.2) is 28.0 Å². The summed E-state index contributed by atoms with van der Waals surface area (Å²) in [5.41, 5.74) is 5.65. The molecule has 0 heterocycles. The van der Waals surface area contributed by atoms with Gasteiger partial charge in [-0.25, -0.2) is 21.6 Å². The Morgan fingerprint density at radius 1 is 1.18 bits per heavy atom. The number of benzene rings is 1. The predicted molar refractivity (Wildman–Crippen MR) is 84.9 cm³/mol. The number of rotatable bonds is 5. The van der Waals surface area contributed by atoms with E-state index in [0.29, 0.717) is 18.4 Å². The molecule has 124 valence electrons. The Kier molecular flexibility index (Phi) is 4.68. The lowest BCUT2D eigenvalue weighted by Gasteiger charge is -2.28. The van der Waals surface area contributed by atoms with Crippen molar-refractivity contribution in [3.05, 3.63) is 23.8 Å². The second-order valence-electron chi connectivity index (χ2n) is 6.00. The minimum Gasteiger partial charge on any atom is -0.329 e. The number of sulfonamides is 1. The number of hydrogen-bond acceptors (Lipinski definition) is 5. The molecule has 0 spiro atoms. The lowest BCUT2D eigenvalue weighted by Crippen LogP contribution is -2.51. The fourth-order valence-electron chi connectivity index (χ4n) is 2.84. The molecule has 0 atom stereocenters. The van der Waals surface area contributed by atoms with Crippen LogP contribution in [0.2, 0.25) is 0 Å². The van der Waals surface area contributed by atoms with E-state index in [9.17, 15) is 16.8 Å². The monoisotopic (exact) mass is 346 g/mol. The van der Waals surface area contributed by atoms with E-state index in [0.717, 1.165) is 19.1 Å². The minimum atomic E-state index is -3.82. The summed E-state index contributed by atoms with van der Waals surface area (Å²) in [6, 6.07) is 4.14. The van der Waals surface area contributed by atoms with E-state index in [1.807, 2.05) is 0 Å². The van der Waals surface area contributed by atoms with Gasteiger partial charge < -0.3 is 5.73 Å². The number of hydrogen-bond donors (Lipinski definition) is 2. The smallest absolute Gasteiger partial charge is 0.241 e. The summed E-state index contributed by atoms with van der Waals surface area (Å²) in [5, 5.41) is 0. The minimum absolute atomic E-state index is 0.00449. The molecule has 1 aromatic rings. The predicted octanol–water partition coefficient (Wildman–Crippen LogP) is 0.948. The van der Waals surface area contributed by atoms with Crippen LogP contribution in [0.5, 0.6) is 0 Å². The second-order valence-corrected chi connectivity index (χ2v) is 9.66. The zero-order chi connectivity index (χ0) is 16.6. The highest BCUT2D eigenvalue weighted by Crippen LogP contribution is 2.31. The van der Waals surface area contributed by atoms with Crippen LogP contribution in [-0.4, -0.2) is 35.2 Å². The maximum Gasteiger partial charge on any atom is 0.241 e. The highest BCUT2D eigenvalue weighted by Gasteiger charge is 2.37. The molecule has 0 aromatic heterocycles. The molecule has 1 aliphatic carbocycles. The van der Waals surface area contributed by atoms with Crippen molar-refractivity contribution in [2.24, 2.45) is 5.73 Å². The number of sulfone groups is 1. The maximum atomic E-state index is 12.7. The standard InChI is InChI=1S/C14H22N2O4S2/c1-11-5-6-12(21(2,17)18)9-13(11)22(19,20)16-14(10-15)7-3-4-8-14/h5-6,9,16H,3-4,7-8,10,15H2,1-2H3. The van der Waals surface area contributed by atoms with Crippen molar-refractivity contribution in [2.75, 3.05) is 12.8 Å². The highest BCUT2D eigenvalue weighted by molar-refractivity contribution is 7.91. The molecule has 1 aliphatic rings. The van der Waals surface area contributed by atoms with E-state index in [1.165, 1.54) is 18.2 Å². The largest absolute Gasteiger partial charge is 0.329 e. The molecular weight excluding hydrogens is 324 g/mol. The summed E-state index contributed by atoms with van der Waals surface area (Å²) < 4.78 is 51.4. The van der Waals surface area contributed by atoms with E-state index in [-0.39, 0.29) is 16.3 Å². The summed E-state index contributed by atoms with van der Waals surface area (Å²) >= 11 is 0. The van der Waals surface area contributed by atoms with Gasteiger partial charge in [0.1, 0.15) is 0 Å². The maximum absolute atomic E-state index is 12.7. The first kappa shape index (κ1) is 17.4. The molecule has 6 nitrogen and oxygen atoms in total. The van der Waals surface area contributed by atoms with Crippen molar-refractivity contribution in [2.45, 2.75) is 47.9 Å². The Morgan fingerprint density at radius 3 is 2.27 bits per heavy atom. The van der Waals surface area contributed by atoms with Gasteiger partial charge in [-0.2, -0.15) is 0 Å². The average Bonchev–Trinajstić information content (AvgIpc) is 2.86. The summed E-state index contributed by atoms with van der Waals surface area (Å²) in [4.78, 5) is -0.0122. The molecule has 2 rings (SSSR count). The normalized spacial score (nSPS) is 18.5. The third-order valence-corrected chi connectivity index (χ3v) is 7.01. The van der Waals surface area contributed by atoms with Gasteiger partial charge in [0.2, 0.25) is 10.0 Å². The van der Waals surface area contributed by atoms with Gasteiger partial charge in [-0.15, -0.1) is 0 Å². The molecular formula is C14H22N2O4S2. The molecule has 8 heteroatoms. The Balaban J connectivity index is 2.45. The first-order chi connectivity index (χ1) is 10.1. The number of nitrogens with two attached hydrogens (primary N) is 1. The van der Waals surface area contributed by atoms with Crippen LogP contribution in [0.4, 0.5) is 0 Å². The number of aryl methyl sites for hydroxylation is 1. The van der Waals surface area contributed by atoms with Crippen molar-refractivity contribution in [1.29, 1.82) is 0 Å². The van der Waals surface area contributed by atoms with Crippen molar-refractivity contribution in [3.8, 4) is 0 Å². The van der Waals surface area contributed by atoms with E-state index >= 15 is 0 Å². The fourth-order valence-corrected chi connectivity index (χ4v) is 5.30. The molecule has 1 saturated carbocycles. The third kappa shape index (κ3) is 3.51. The lowest BCUT2D eigenvalue weighted by molar-refractivity contribution is 0.399. The number of nitrogens with one attached hydrogen (secondary N) is 1. The van der Waals surface area contributed by atoms with E-state index in [2.05, 4.69) is 4.72 Å². The first-order valence-corrected chi connectivity index (χ1v) is 10.5. The van der Waals surface area contributed by atoms with E-state index < -0.39 is 25.4 Å². The van der Waals surface area contributed by atoms with Crippen LogP contribution in [-0.2, 0) is 19.9 Å². The van der Waals surface area contributed by atoms with Crippen LogP contribution in [0, 0.1) is 6.92 Å². The van der Waals surface area contributed by atoms with Crippen LogP contribution in [0.1, 0.15) is 31.2 Å². The summed E-state index contributed by atoms with van der Waals surface area (Å²) in [6.07, 6.45) is 4.32. The fraction of sp³-hybridized carbons (Fsp3) is 0.571. The molecule has 0 saturated heterocycles. The zero-order valence-electron chi connectivity index (χ0n) is 12.8. The molecule has 1 fully saturated rings. The van der Waals surface area contributed by atoms with Gasteiger partial charge in [-0.1, -0.05) is 18.9 Å². The second kappa shape index (κ2) is 5.92. The Labute approximate surface area is 132 Å². The molecule has 0 aliphatic heterocycles. The van der Waals surface area contributed by atoms with Gasteiger partial charge in [0.15, 0.2) is 9.84 Å². The topological polar surface area (TPSA) is 106 Å². The Morgan fingerprint density at radius 2 is 1.77 bits per heavy atom. The molecule has 1 aromatic carbocycles. The van der Waals surface area contributed by atoms with Gasteiger partial charge in [-0.05, 0) is 37.5 Å². The van der Waals surface area contributed by atoms with Crippen LogP contribution < -0.4 is 10.5 Å². The van der Waals surface area contributed by atoms with Crippen molar-refractivity contribution >= 4 is 19.9 Å². The molecule has 0 radical (unpaired) electrons. The summed E-state index contributed by atoms with van der Waals surface area (Å²) in [6.45, 7) is 1.88. The van der Waals surface area contributed by atoms with Gasteiger partial charge in [-0.3, -0.25) is 0 Å². The molecule has 0 unspecified atom stereocenters. The summed E-state index contributed by atoms with van der Waals surface area (Å²) in [7, 11) is -7.29. The Hall–Kier alpha value is -0.960. The van der Waals surface area contributed by atoms with Crippen molar-refractivity contribution in [3.63, 3.8) is 0 Å². The SMILES string of the molecule is Cc1ccc(S(C)(=O)=O)cc1S(=O)(=O)NC1(CN)CCCC1. The zero-order valence-corrected chi connectivity index (χ0v) is 14.4. The summed E-state index contributed by atoms with van der Waals surface area (Å²) in [5.74, 6) is 0. The molecule has 3 N–H and O–H groups in total. The molecule has 0 amide bonds. The van der Waals surface area contributed by atoms with Crippen LogP contribution in [0.25, 0.3) is 0 Å². The van der Waals surface area contributed by atoms with Gasteiger partial charge in [0.25, 0.3) is 0 Å². The molecule has 0 bridgehead atoms. The van der Waals surface area contributed by atoms with Gasteiger partial charge in [0, 0.05) is 18.3 Å². The highest BCUT2D eigenvalue weighted by atomic mass is 32.2. The van der Waals surface area contributed by atoms with Gasteiger partial charge in [0.05, 0.1) is 9.79 Å².